The predicted octanol–water partition coefficient (Wildman–Crippen LogP) is 2.03. The first-order chi connectivity index (χ1) is 8.99. The summed E-state index contributed by atoms with van der Waals surface area (Å²) in [6.07, 6.45) is -3.06. The number of aliphatic hydroxyl groups is 1. The number of amides is 1. The Morgan fingerprint density at radius 3 is 2.74 bits per heavy atom. The molecular weight excluding hydrogens is 256 g/mol. The summed E-state index contributed by atoms with van der Waals surface area (Å²) < 4.78 is 31.1. The molecule has 1 saturated heterocycles. The molecule has 1 N–H and O–H groups in total. The topological polar surface area (TPSA) is 49.8 Å². The summed E-state index contributed by atoms with van der Waals surface area (Å²) in [5.41, 5.74) is 0.818. The van der Waals surface area contributed by atoms with Gasteiger partial charge in [0.1, 0.15) is 12.7 Å². The van der Waals surface area contributed by atoms with E-state index < -0.39 is 31.1 Å². The minimum absolute atomic E-state index is 0.0860. The molecule has 1 amide bonds. The lowest BCUT2D eigenvalue weighted by molar-refractivity contribution is -0.143. The van der Waals surface area contributed by atoms with Gasteiger partial charge < -0.3 is 14.7 Å². The van der Waals surface area contributed by atoms with Crippen molar-refractivity contribution in [2.24, 2.45) is 0 Å². The fourth-order valence-corrected chi connectivity index (χ4v) is 1.86. The van der Waals surface area contributed by atoms with Crippen LogP contribution in [0.5, 0.6) is 0 Å². The molecule has 1 fully saturated rings. The fourth-order valence-electron chi connectivity index (χ4n) is 1.86. The number of benzene rings is 1. The maximum Gasteiger partial charge on any atom is 0.410 e. The zero-order valence-electron chi connectivity index (χ0n) is 10.3. The van der Waals surface area contributed by atoms with Crippen molar-refractivity contribution in [3.05, 3.63) is 35.9 Å². The molecule has 1 atom stereocenters. The van der Waals surface area contributed by atoms with E-state index in [2.05, 4.69) is 0 Å². The Labute approximate surface area is 109 Å². The lowest BCUT2D eigenvalue weighted by Gasteiger charge is -2.34. The molecule has 0 unspecified atom stereocenters. The van der Waals surface area contributed by atoms with Crippen LogP contribution in [-0.2, 0) is 11.3 Å². The number of rotatable bonds is 2. The SMILES string of the molecule is O=C(OCc1ccccc1)N1CCC(F)(F)[C@@H](O)C1. The Hall–Kier alpha value is -1.69. The van der Waals surface area contributed by atoms with Crippen LogP contribution in [0.2, 0.25) is 0 Å². The van der Waals surface area contributed by atoms with Crippen LogP contribution in [0.15, 0.2) is 30.3 Å². The van der Waals surface area contributed by atoms with Crippen LogP contribution in [-0.4, -0.2) is 41.2 Å². The van der Waals surface area contributed by atoms with Crippen molar-refractivity contribution in [1.82, 2.24) is 4.90 Å². The van der Waals surface area contributed by atoms with Crippen LogP contribution in [0.4, 0.5) is 13.6 Å². The summed E-state index contributed by atoms with van der Waals surface area (Å²) in [6, 6.07) is 9.07. The first-order valence-electron chi connectivity index (χ1n) is 6.00. The zero-order chi connectivity index (χ0) is 13.9. The zero-order valence-corrected chi connectivity index (χ0v) is 10.3. The fraction of sp³-hybridized carbons (Fsp3) is 0.462. The molecule has 0 saturated carbocycles. The Kier molecular flexibility index (Phi) is 3.99. The molecule has 104 valence electrons. The quantitative estimate of drug-likeness (QED) is 0.895. The van der Waals surface area contributed by atoms with E-state index in [-0.39, 0.29) is 13.2 Å². The monoisotopic (exact) mass is 271 g/mol. The molecule has 1 aliphatic heterocycles. The predicted molar refractivity (Wildman–Crippen MR) is 63.8 cm³/mol. The van der Waals surface area contributed by atoms with Crippen LogP contribution in [0.25, 0.3) is 0 Å². The van der Waals surface area contributed by atoms with Crippen molar-refractivity contribution >= 4 is 6.09 Å². The molecule has 0 radical (unpaired) electrons. The minimum Gasteiger partial charge on any atom is -0.445 e. The number of carbonyl (C=O) groups is 1. The molecule has 19 heavy (non-hydrogen) atoms. The third-order valence-corrected chi connectivity index (χ3v) is 3.06. The van der Waals surface area contributed by atoms with Gasteiger partial charge in [-0.15, -0.1) is 0 Å². The lowest BCUT2D eigenvalue weighted by atomic mass is 10.0. The van der Waals surface area contributed by atoms with Gasteiger partial charge in [0.15, 0.2) is 0 Å². The molecule has 0 aromatic heterocycles. The molecule has 4 nitrogen and oxygen atoms in total. The molecule has 1 aromatic carbocycles. The number of β-amino-alcohol motifs (C(OH)–C–C–N with tert-alkyl or cyclic N) is 1. The number of hydrogen-bond acceptors (Lipinski definition) is 3. The Morgan fingerprint density at radius 1 is 1.42 bits per heavy atom. The van der Waals surface area contributed by atoms with Gasteiger partial charge in [-0.2, -0.15) is 0 Å². The van der Waals surface area contributed by atoms with Gasteiger partial charge in [0.05, 0.1) is 6.54 Å². The molecule has 0 bridgehead atoms. The number of likely N-dealkylation sites (tertiary alicyclic amines) is 1. The molecule has 1 heterocycles. The van der Waals surface area contributed by atoms with Gasteiger partial charge in [0.25, 0.3) is 5.92 Å². The summed E-state index contributed by atoms with van der Waals surface area (Å²) in [4.78, 5) is 12.8. The maximum atomic E-state index is 13.1. The summed E-state index contributed by atoms with van der Waals surface area (Å²) in [6.45, 7) is -0.430. The molecule has 0 spiro atoms. The van der Waals surface area contributed by atoms with Gasteiger partial charge >= 0.3 is 6.09 Å². The Morgan fingerprint density at radius 2 is 2.11 bits per heavy atom. The standard InChI is InChI=1S/C13H15F2NO3/c14-13(15)6-7-16(8-11(13)17)12(18)19-9-10-4-2-1-3-5-10/h1-5,11,17H,6-9H2/t11-/m0/s1. The average Bonchev–Trinajstić information content (AvgIpc) is 2.40. The van der Waals surface area contributed by atoms with Crippen molar-refractivity contribution in [3.63, 3.8) is 0 Å². The number of halogens is 2. The highest BCUT2D eigenvalue weighted by Crippen LogP contribution is 2.28. The number of piperidine rings is 1. The highest BCUT2D eigenvalue weighted by molar-refractivity contribution is 5.67. The average molecular weight is 271 g/mol. The summed E-state index contributed by atoms with van der Waals surface area (Å²) >= 11 is 0. The molecule has 6 heteroatoms. The number of alkyl halides is 2. The Bertz CT molecular complexity index is 439. The molecular formula is C13H15F2NO3. The second-order valence-corrected chi connectivity index (χ2v) is 4.51. The third-order valence-electron chi connectivity index (χ3n) is 3.06. The van der Waals surface area contributed by atoms with Gasteiger partial charge in [-0.25, -0.2) is 13.6 Å². The molecule has 2 rings (SSSR count). The molecule has 1 aromatic rings. The summed E-state index contributed by atoms with van der Waals surface area (Å²) in [5, 5.41) is 9.24. The summed E-state index contributed by atoms with van der Waals surface area (Å²) in [5.74, 6) is -3.13. The van der Waals surface area contributed by atoms with Gasteiger partial charge in [0, 0.05) is 13.0 Å². The second-order valence-electron chi connectivity index (χ2n) is 4.51. The molecule has 1 aliphatic rings. The van der Waals surface area contributed by atoms with Gasteiger partial charge in [0.2, 0.25) is 0 Å². The first kappa shape index (κ1) is 13.7. The first-order valence-corrected chi connectivity index (χ1v) is 6.00. The van der Waals surface area contributed by atoms with Crippen LogP contribution in [0.3, 0.4) is 0 Å². The van der Waals surface area contributed by atoms with Crippen molar-refractivity contribution in [2.45, 2.75) is 25.1 Å². The molecule has 0 aliphatic carbocycles. The normalized spacial score (nSPS) is 22.1. The van der Waals surface area contributed by atoms with E-state index in [9.17, 15) is 18.7 Å². The number of nitrogens with zero attached hydrogens (tertiary/aromatic N) is 1. The maximum absolute atomic E-state index is 13.1. The van der Waals surface area contributed by atoms with E-state index in [0.29, 0.717) is 0 Å². The number of ether oxygens (including phenoxy) is 1. The van der Waals surface area contributed by atoms with Crippen molar-refractivity contribution < 1.29 is 23.4 Å². The smallest absolute Gasteiger partial charge is 0.410 e. The van der Waals surface area contributed by atoms with E-state index in [4.69, 9.17) is 4.74 Å². The third kappa shape index (κ3) is 3.41. The van der Waals surface area contributed by atoms with Crippen molar-refractivity contribution in [2.75, 3.05) is 13.1 Å². The number of aliphatic hydroxyl groups excluding tert-OH is 1. The van der Waals surface area contributed by atoms with Gasteiger partial charge in [-0.05, 0) is 5.56 Å². The van der Waals surface area contributed by atoms with E-state index in [1.54, 1.807) is 12.1 Å². The van der Waals surface area contributed by atoms with Crippen molar-refractivity contribution in [1.29, 1.82) is 0 Å². The van der Waals surface area contributed by atoms with Gasteiger partial charge in [-0.3, -0.25) is 0 Å². The van der Waals surface area contributed by atoms with Crippen LogP contribution < -0.4 is 0 Å². The van der Waals surface area contributed by atoms with Crippen LogP contribution in [0.1, 0.15) is 12.0 Å². The van der Waals surface area contributed by atoms with Crippen molar-refractivity contribution in [3.8, 4) is 0 Å². The van der Waals surface area contributed by atoms with Gasteiger partial charge in [-0.1, -0.05) is 30.3 Å². The van der Waals surface area contributed by atoms with E-state index in [1.165, 1.54) is 0 Å². The highest BCUT2D eigenvalue weighted by Gasteiger charge is 2.44. The minimum atomic E-state index is -3.13. The second kappa shape index (κ2) is 5.52. The Balaban J connectivity index is 1.84. The number of carbonyl (C=O) groups excluding carboxylic acids is 1. The van der Waals surface area contributed by atoms with E-state index in [1.807, 2.05) is 18.2 Å². The largest absolute Gasteiger partial charge is 0.445 e. The lowest BCUT2D eigenvalue weighted by Crippen LogP contribution is -2.52. The van der Waals surface area contributed by atoms with Crippen LogP contribution >= 0.6 is 0 Å². The summed E-state index contributed by atoms with van der Waals surface area (Å²) in [7, 11) is 0. The van der Waals surface area contributed by atoms with E-state index in [0.717, 1.165) is 10.5 Å². The highest BCUT2D eigenvalue weighted by atomic mass is 19.3. The number of hydrogen-bond donors (Lipinski definition) is 1. The van der Waals surface area contributed by atoms with Crippen LogP contribution in [0, 0.1) is 0 Å². The van der Waals surface area contributed by atoms with E-state index >= 15 is 0 Å².